The number of nitrogens with two attached hydrogens (primary N) is 1. The number of anilines is 1. The van der Waals surface area contributed by atoms with E-state index in [1.807, 2.05) is 23.6 Å². The van der Waals surface area contributed by atoms with E-state index in [4.69, 9.17) is 5.73 Å². The number of nitrogens with zero attached hydrogens (tertiary/aromatic N) is 4. The fourth-order valence-electron chi connectivity index (χ4n) is 2.40. The van der Waals surface area contributed by atoms with Crippen molar-refractivity contribution in [1.29, 1.82) is 0 Å². The molecule has 0 fully saturated rings. The van der Waals surface area contributed by atoms with Crippen LogP contribution in [-0.2, 0) is 11.3 Å². The molecule has 3 aromatic heterocycles. The predicted octanol–water partition coefficient (Wildman–Crippen LogP) is 2.64. The predicted molar refractivity (Wildman–Crippen MR) is 106 cm³/mol. The number of carbonyl (C=O) groups excluding carboxylic acids is 2. The molecule has 0 spiro atoms. The molecule has 3 heterocycles. The Hall–Kier alpha value is -2.72. The van der Waals surface area contributed by atoms with Crippen LogP contribution in [0.4, 0.5) is 5.00 Å². The summed E-state index contributed by atoms with van der Waals surface area (Å²) in [7, 11) is 0. The normalized spacial score (nSPS) is 11.9. The van der Waals surface area contributed by atoms with Gasteiger partial charge in [-0.2, -0.15) is 0 Å². The zero-order chi connectivity index (χ0) is 19.4. The van der Waals surface area contributed by atoms with Gasteiger partial charge in [-0.1, -0.05) is 11.8 Å². The number of thiophene rings is 1. The zero-order valence-electron chi connectivity index (χ0n) is 14.7. The van der Waals surface area contributed by atoms with E-state index in [9.17, 15) is 9.59 Å². The molecule has 2 amide bonds. The Morgan fingerprint density at radius 1 is 1.30 bits per heavy atom. The Labute approximate surface area is 164 Å². The first-order valence-corrected chi connectivity index (χ1v) is 9.95. The van der Waals surface area contributed by atoms with E-state index < -0.39 is 11.2 Å². The van der Waals surface area contributed by atoms with Crippen molar-refractivity contribution < 1.29 is 9.59 Å². The van der Waals surface area contributed by atoms with Gasteiger partial charge in [-0.05, 0) is 37.4 Å². The Balaban J connectivity index is 1.75. The standard InChI is InChI=1S/C17H18N6O2S2/c1-3-23-14(11-4-7-19-8-5-11)21-22-17(23)27-10(2)15(25)20-16-12(13(18)24)6-9-26-16/h4-10H,3H2,1-2H3,(H2,18,24)(H,20,25)/t10-/m0/s1. The molecule has 0 aliphatic rings. The molecule has 0 unspecified atom stereocenters. The summed E-state index contributed by atoms with van der Waals surface area (Å²) in [6.07, 6.45) is 3.40. The van der Waals surface area contributed by atoms with Gasteiger partial charge in [0.1, 0.15) is 5.00 Å². The van der Waals surface area contributed by atoms with E-state index >= 15 is 0 Å². The topological polar surface area (TPSA) is 116 Å². The van der Waals surface area contributed by atoms with Gasteiger partial charge in [0.2, 0.25) is 5.91 Å². The highest BCUT2D eigenvalue weighted by molar-refractivity contribution is 8.00. The minimum atomic E-state index is -0.570. The highest BCUT2D eigenvalue weighted by Crippen LogP contribution is 2.28. The molecular weight excluding hydrogens is 384 g/mol. The van der Waals surface area contributed by atoms with Crippen molar-refractivity contribution >= 4 is 39.9 Å². The largest absolute Gasteiger partial charge is 0.366 e. The molecule has 140 valence electrons. The first-order chi connectivity index (χ1) is 13.0. The van der Waals surface area contributed by atoms with Crippen molar-refractivity contribution in [3.05, 3.63) is 41.5 Å². The maximum atomic E-state index is 12.5. The zero-order valence-corrected chi connectivity index (χ0v) is 16.4. The van der Waals surface area contributed by atoms with E-state index in [1.54, 1.807) is 30.8 Å². The second kappa shape index (κ2) is 8.31. The van der Waals surface area contributed by atoms with Crippen LogP contribution in [0.5, 0.6) is 0 Å². The van der Waals surface area contributed by atoms with Crippen LogP contribution in [0.1, 0.15) is 24.2 Å². The van der Waals surface area contributed by atoms with Crippen LogP contribution in [0.2, 0.25) is 0 Å². The van der Waals surface area contributed by atoms with Gasteiger partial charge in [-0.15, -0.1) is 21.5 Å². The monoisotopic (exact) mass is 402 g/mol. The third-order valence-electron chi connectivity index (χ3n) is 3.79. The van der Waals surface area contributed by atoms with Crippen molar-refractivity contribution in [3.8, 4) is 11.4 Å². The molecule has 0 aliphatic carbocycles. The van der Waals surface area contributed by atoms with E-state index in [0.717, 1.165) is 11.4 Å². The Morgan fingerprint density at radius 2 is 2.04 bits per heavy atom. The van der Waals surface area contributed by atoms with Crippen LogP contribution in [0.15, 0.2) is 41.1 Å². The molecule has 0 radical (unpaired) electrons. The van der Waals surface area contributed by atoms with Gasteiger partial charge in [0.25, 0.3) is 5.91 Å². The minimum absolute atomic E-state index is 0.235. The van der Waals surface area contributed by atoms with Gasteiger partial charge < -0.3 is 15.6 Å². The third kappa shape index (κ3) is 4.17. The Kier molecular flexibility index (Phi) is 5.87. The average molecular weight is 403 g/mol. The maximum Gasteiger partial charge on any atom is 0.251 e. The van der Waals surface area contributed by atoms with Gasteiger partial charge in [-0.3, -0.25) is 14.6 Å². The number of hydrogen-bond acceptors (Lipinski definition) is 7. The number of primary amides is 1. The fourth-order valence-corrected chi connectivity index (χ4v) is 4.11. The van der Waals surface area contributed by atoms with Crippen molar-refractivity contribution in [2.45, 2.75) is 30.8 Å². The molecular formula is C17H18N6O2S2. The van der Waals surface area contributed by atoms with Crippen molar-refractivity contribution in [1.82, 2.24) is 19.7 Å². The van der Waals surface area contributed by atoms with Crippen LogP contribution < -0.4 is 11.1 Å². The van der Waals surface area contributed by atoms with Gasteiger partial charge in [-0.25, -0.2) is 0 Å². The van der Waals surface area contributed by atoms with Crippen LogP contribution >= 0.6 is 23.1 Å². The summed E-state index contributed by atoms with van der Waals surface area (Å²) in [5.41, 5.74) is 6.53. The highest BCUT2D eigenvalue weighted by atomic mass is 32.2. The molecule has 27 heavy (non-hydrogen) atoms. The quantitative estimate of drug-likeness (QED) is 0.587. The molecule has 0 saturated carbocycles. The molecule has 1 atom stereocenters. The molecule has 0 aromatic carbocycles. The molecule has 3 N–H and O–H groups in total. The molecule has 3 aromatic rings. The van der Waals surface area contributed by atoms with Crippen LogP contribution in [0.25, 0.3) is 11.4 Å². The van der Waals surface area contributed by atoms with Crippen molar-refractivity contribution in [3.63, 3.8) is 0 Å². The van der Waals surface area contributed by atoms with Crippen LogP contribution in [0.3, 0.4) is 0 Å². The van der Waals surface area contributed by atoms with Crippen molar-refractivity contribution in [2.75, 3.05) is 5.32 Å². The number of carbonyl (C=O) groups is 2. The molecule has 10 heteroatoms. The summed E-state index contributed by atoms with van der Waals surface area (Å²) in [6.45, 7) is 4.43. The van der Waals surface area contributed by atoms with Gasteiger partial charge in [0.15, 0.2) is 11.0 Å². The summed E-state index contributed by atoms with van der Waals surface area (Å²) in [6, 6.07) is 5.32. The molecule has 0 bridgehead atoms. The molecule has 8 nitrogen and oxygen atoms in total. The van der Waals surface area contributed by atoms with Crippen LogP contribution in [0, 0.1) is 0 Å². The SMILES string of the molecule is CCn1c(S[C@@H](C)C(=O)Nc2sccc2C(N)=O)nnc1-c1ccncc1. The lowest BCUT2D eigenvalue weighted by Gasteiger charge is -2.12. The first-order valence-electron chi connectivity index (χ1n) is 8.19. The Bertz CT molecular complexity index is 954. The average Bonchev–Trinajstić information content (AvgIpc) is 3.29. The summed E-state index contributed by atoms with van der Waals surface area (Å²) in [5.74, 6) is -0.0788. The molecule has 3 rings (SSSR count). The number of nitrogens with one attached hydrogen (secondary N) is 1. The number of aromatic nitrogens is 4. The molecule has 0 aliphatic heterocycles. The fraction of sp³-hybridized carbons (Fsp3) is 0.235. The van der Waals surface area contributed by atoms with Gasteiger partial charge in [0.05, 0.1) is 10.8 Å². The van der Waals surface area contributed by atoms with E-state index in [0.29, 0.717) is 22.3 Å². The van der Waals surface area contributed by atoms with E-state index in [1.165, 1.54) is 23.1 Å². The minimum Gasteiger partial charge on any atom is -0.366 e. The number of amides is 2. The highest BCUT2D eigenvalue weighted by Gasteiger charge is 2.22. The lowest BCUT2D eigenvalue weighted by Crippen LogP contribution is -2.24. The summed E-state index contributed by atoms with van der Waals surface area (Å²) in [5, 5.41) is 13.6. The smallest absolute Gasteiger partial charge is 0.251 e. The van der Waals surface area contributed by atoms with Crippen molar-refractivity contribution in [2.24, 2.45) is 5.73 Å². The third-order valence-corrected chi connectivity index (χ3v) is 5.70. The summed E-state index contributed by atoms with van der Waals surface area (Å²) < 4.78 is 1.95. The molecule has 0 saturated heterocycles. The maximum absolute atomic E-state index is 12.5. The second-order valence-electron chi connectivity index (χ2n) is 5.56. The van der Waals surface area contributed by atoms with E-state index in [-0.39, 0.29) is 5.91 Å². The lowest BCUT2D eigenvalue weighted by atomic mass is 10.2. The number of pyridine rings is 1. The number of rotatable bonds is 7. The van der Waals surface area contributed by atoms with Gasteiger partial charge in [0, 0.05) is 24.5 Å². The van der Waals surface area contributed by atoms with Gasteiger partial charge >= 0.3 is 0 Å². The van der Waals surface area contributed by atoms with E-state index in [2.05, 4.69) is 20.5 Å². The number of thioether (sulfide) groups is 1. The second-order valence-corrected chi connectivity index (χ2v) is 7.79. The van der Waals surface area contributed by atoms with Crippen LogP contribution in [-0.4, -0.2) is 36.8 Å². The number of hydrogen-bond donors (Lipinski definition) is 2. The first kappa shape index (κ1) is 19.1. The summed E-state index contributed by atoms with van der Waals surface area (Å²) >= 11 is 2.56. The lowest BCUT2D eigenvalue weighted by molar-refractivity contribution is -0.115. The summed E-state index contributed by atoms with van der Waals surface area (Å²) in [4.78, 5) is 27.9. The Morgan fingerprint density at radius 3 is 2.70 bits per heavy atom.